The van der Waals surface area contributed by atoms with Crippen molar-refractivity contribution < 1.29 is 18.7 Å². The number of halogens is 1. The van der Waals surface area contributed by atoms with Crippen molar-refractivity contribution in [1.82, 2.24) is 0 Å². The lowest BCUT2D eigenvalue weighted by Gasteiger charge is -2.12. The summed E-state index contributed by atoms with van der Waals surface area (Å²) in [7, 11) is 0. The first kappa shape index (κ1) is 19.2. The van der Waals surface area contributed by atoms with Gasteiger partial charge in [-0.2, -0.15) is 0 Å². The molecular formula is C26H17ClO4. The summed E-state index contributed by atoms with van der Waals surface area (Å²) in [6, 6.07) is 27.5. The SMILES string of the molecule is O=C(Oc1ccc2oc3ccccc3c2c1)c1ccccc1OCc1ccccc1Cl. The van der Waals surface area contributed by atoms with Crippen LogP contribution in [0.3, 0.4) is 0 Å². The van der Waals surface area contributed by atoms with E-state index in [-0.39, 0.29) is 6.61 Å². The first-order valence-electron chi connectivity index (χ1n) is 9.78. The lowest BCUT2D eigenvalue weighted by Crippen LogP contribution is -2.11. The molecular weight excluding hydrogens is 412 g/mol. The molecule has 0 aliphatic carbocycles. The number of hydrogen-bond acceptors (Lipinski definition) is 4. The fraction of sp³-hybridized carbons (Fsp3) is 0.0385. The summed E-state index contributed by atoms with van der Waals surface area (Å²) in [5.41, 5.74) is 2.71. The molecule has 4 aromatic carbocycles. The van der Waals surface area contributed by atoms with Gasteiger partial charge in [-0.05, 0) is 42.5 Å². The van der Waals surface area contributed by atoms with E-state index in [1.165, 1.54) is 0 Å². The van der Waals surface area contributed by atoms with Crippen LogP contribution in [0.25, 0.3) is 21.9 Å². The second-order valence-electron chi connectivity index (χ2n) is 7.02. The molecule has 0 spiro atoms. The minimum atomic E-state index is -0.498. The summed E-state index contributed by atoms with van der Waals surface area (Å²) in [5.74, 6) is 0.370. The average Bonchev–Trinajstić information content (AvgIpc) is 3.17. The predicted molar refractivity (Wildman–Crippen MR) is 121 cm³/mol. The number of para-hydroxylation sites is 2. The van der Waals surface area contributed by atoms with Gasteiger partial charge in [0.1, 0.15) is 34.8 Å². The molecule has 5 heteroatoms. The summed E-state index contributed by atoms with van der Waals surface area (Å²) in [5, 5.41) is 2.48. The van der Waals surface area contributed by atoms with Gasteiger partial charge in [0, 0.05) is 21.4 Å². The molecule has 4 nitrogen and oxygen atoms in total. The van der Waals surface area contributed by atoms with Crippen LogP contribution in [0, 0.1) is 0 Å². The molecule has 0 saturated heterocycles. The van der Waals surface area contributed by atoms with E-state index in [1.54, 1.807) is 36.4 Å². The van der Waals surface area contributed by atoms with Crippen LogP contribution >= 0.6 is 11.6 Å². The van der Waals surface area contributed by atoms with E-state index in [0.717, 1.165) is 27.5 Å². The van der Waals surface area contributed by atoms with Crippen LogP contribution in [0.5, 0.6) is 11.5 Å². The number of furan rings is 1. The molecule has 0 unspecified atom stereocenters. The molecule has 5 rings (SSSR count). The fourth-order valence-corrected chi connectivity index (χ4v) is 3.65. The largest absolute Gasteiger partial charge is 0.488 e. The van der Waals surface area contributed by atoms with Gasteiger partial charge in [-0.3, -0.25) is 0 Å². The molecule has 0 N–H and O–H groups in total. The second kappa shape index (κ2) is 8.17. The first-order valence-corrected chi connectivity index (χ1v) is 10.2. The molecule has 0 saturated carbocycles. The van der Waals surface area contributed by atoms with Gasteiger partial charge in [-0.1, -0.05) is 60.1 Å². The maximum Gasteiger partial charge on any atom is 0.347 e. The zero-order chi connectivity index (χ0) is 21.2. The zero-order valence-corrected chi connectivity index (χ0v) is 17.1. The van der Waals surface area contributed by atoms with Crippen molar-refractivity contribution in [3.63, 3.8) is 0 Å². The van der Waals surface area contributed by atoms with Crippen LogP contribution in [0.1, 0.15) is 15.9 Å². The summed E-state index contributed by atoms with van der Waals surface area (Å²) < 4.78 is 17.4. The number of fused-ring (bicyclic) bond motifs is 3. The van der Waals surface area contributed by atoms with Crippen LogP contribution in [0.4, 0.5) is 0 Å². The summed E-state index contributed by atoms with van der Waals surface area (Å²) in [6.45, 7) is 0.247. The lowest BCUT2D eigenvalue weighted by molar-refractivity contribution is 0.0730. The van der Waals surface area contributed by atoms with Crippen molar-refractivity contribution in [2.24, 2.45) is 0 Å². The number of ether oxygens (including phenoxy) is 2. The van der Waals surface area contributed by atoms with Gasteiger partial charge in [-0.15, -0.1) is 0 Å². The van der Waals surface area contributed by atoms with Gasteiger partial charge >= 0.3 is 5.97 Å². The minimum Gasteiger partial charge on any atom is -0.488 e. The summed E-state index contributed by atoms with van der Waals surface area (Å²) in [6.07, 6.45) is 0. The monoisotopic (exact) mass is 428 g/mol. The molecule has 1 heterocycles. The molecule has 0 radical (unpaired) electrons. The highest BCUT2D eigenvalue weighted by Crippen LogP contribution is 2.32. The van der Waals surface area contributed by atoms with Crippen LogP contribution in [0.2, 0.25) is 5.02 Å². The third-order valence-electron chi connectivity index (χ3n) is 5.01. The van der Waals surface area contributed by atoms with Gasteiger partial charge in [0.05, 0.1) is 0 Å². The number of carbonyl (C=O) groups excluding carboxylic acids is 1. The third-order valence-corrected chi connectivity index (χ3v) is 5.38. The molecule has 0 aliphatic heterocycles. The minimum absolute atomic E-state index is 0.247. The molecule has 5 aromatic rings. The van der Waals surface area contributed by atoms with E-state index >= 15 is 0 Å². The van der Waals surface area contributed by atoms with Gasteiger partial charge in [0.15, 0.2) is 0 Å². The van der Waals surface area contributed by atoms with E-state index in [9.17, 15) is 4.79 Å². The molecule has 0 aliphatic rings. The normalized spacial score (nSPS) is 11.0. The van der Waals surface area contributed by atoms with Crippen LogP contribution in [-0.4, -0.2) is 5.97 Å². The van der Waals surface area contributed by atoms with Gasteiger partial charge < -0.3 is 13.9 Å². The fourth-order valence-electron chi connectivity index (χ4n) is 3.46. The Labute approximate surface area is 183 Å². The Morgan fingerprint density at radius 3 is 2.45 bits per heavy atom. The number of esters is 1. The predicted octanol–water partition coefficient (Wildman–Crippen LogP) is 7.04. The highest BCUT2D eigenvalue weighted by Gasteiger charge is 2.16. The van der Waals surface area contributed by atoms with E-state index in [1.807, 2.05) is 54.6 Å². The van der Waals surface area contributed by atoms with Crippen molar-refractivity contribution in [2.45, 2.75) is 6.61 Å². The Morgan fingerprint density at radius 2 is 1.55 bits per heavy atom. The molecule has 0 bridgehead atoms. The van der Waals surface area contributed by atoms with Gasteiger partial charge in [0.25, 0.3) is 0 Å². The van der Waals surface area contributed by atoms with E-state index in [0.29, 0.717) is 22.1 Å². The number of rotatable bonds is 5. The van der Waals surface area contributed by atoms with Crippen molar-refractivity contribution in [2.75, 3.05) is 0 Å². The molecule has 152 valence electrons. The summed E-state index contributed by atoms with van der Waals surface area (Å²) >= 11 is 6.20. The van der Waals surface area contributed by atoms with Gasteiger partial charge in [0.2, 0.25) is 0 Å². The molecule has 1 aromatic heterocycles. The van der Waals surface area contributed by atoms with Crippen LogP contribution in [-0.2, 0) is 6.61 Å². The Kier molecular flexibility index (Phi) is 5.06. The van der Waals surface area contributed by atoms with E-state index in [4.69, 9.17) is 25.5 Å². The van der Waals surface area contributed by atoms with Crippen molar-refractivity contribution in [1.29, 1.82) is 0 Å². The van der Waals surface area contributed by atoms with E-state index < -0.39 is 5.97 Å². The maximum absolute atomic E-state index is 12.9. The lowest BCUT2D eigenvalue weighted by atomic mass is 10.1. The highest BCUT2D eigenvalue weighted by molar-refractivity contribution is 6.31. The Hall–Kier alpha value is -3.76. The average molecular weight is 429 g/mol. The molecule has 0 fully saturated rings. The maximum atomic E-state index is 12.9. The second-order valence-corrected chi connectivity index (χ2v) is 7.43. The van der Waals surface area contributed by atoms with Crippen molar-refractivity contribution in [3.05, 3.63) is 107 Å². The zero-order valence-electron chi connectivity index (χ0n) is 16.4. The first-order chi connectivity index (χ1) is 15.2. The topological polar surface area (TPSA) is 48.7 Å². The molecule has 0 atom stereocenters. The summed E-state index contributed by atoms with van der Waals surface area (Å²) in [4.78, 5) is 12.9. The number of carbonyl (C=O) groups is 1. The van der Waals surface area contributed by atoms with Crippen molar-refractivity contribution in [3.8, 4) is 11.5 Å². The number of benzene rings is 4. The Balaban J connectivity index is 1.39. The highest BCUT2D eigenvalue weighted by atomic mass is 35.5. The Bertz CT molecular complexity index is 1400. The number of hydrogen-bond donors (Lipinski definition) is 0. The van der Waals surface area contributed by atoms with Crippen LogP contribution < -0.4 is 9.47 Å². The van der Waals surface area contributed by atoms with Crippen LogP contribution in [0.15, 0.2) is 95.4 Å². The van der Waals surface area contributed by atoms with E-state index in [2.05, 4.69) is 0 Å². The smallest absolute Gasteiger partial charge is 0.347 e. The Morgan fingerprint density at radius 1 is 0.806 bits per heavy atom. The van der Waals surface area contributed by atoms with Gasteiger partial charge in [-0.25, -0.2) is 4.79 Å². The molecule has 31 heavy (non-hydrogen) atoms. The molecule has 0 amide bonds. The van der Waals surface area contributed by atoms with Crippen molar-refractivity contribution >= 4 is 39.5 Å². The quantitative estimate of drug-likeness (QED) is 0.222. The standard InChI is InChI=1S/C26H17ClO4/c27-22-10-4-1-7-17(22)16-29-23-11-5-3-9-20(23)26(28)30-18-13-14-25-21(15-18)19-8-2-6-12-24(19)31-25/h1-15H,16H2. The third kappa shape index (κ3) is 3.86.